The summed E-state index contributed by atoms with van der Waals surface area (Å²) in [6.07, 6.45) is 0. The van der Waals surface area contributed by atoms with Gasteiger partial charge in [-0.1, -0.05) is 0 Å². The zero-order valence-electron chi connectivity index (χ0n) is 6.66. The SMILES string of the molecule is CCn1c(C)c(O)ccc1=O. The second-order valence-electron chi connectivity index (χ2n) is 2.39. The monoisotopic (exact) mass is 153 g/mol. The van der Waals surface area contributed by atoms with Crippen molar-refractivity contribution in [2.45, 2.75) is 20.4 Å². The number of aromatic nitrogens is 1. The summed E-state index contributed by atoms with van der Waals surface area (Å²) in [5, 5.41) is 9.20. The van der Waals surface area contributed by atoms with E-state index in [0.29, 0.717) is 12.2 Å². The van der Waals surface area contributed by atoms with Crippen molar-refractivity contribution in [1.82, 2.24) is 4.57 Å². The summed E-state index contributed by atoms with van der Waals surface area (Å²) in [5.74, 6) is 0.173. The fourth-order valence-electron chi connectivity index (χ4n) is 1.06. The van der Waals surface area contributed by atoms with Crippen molar-refractivity contribution in [1.29, 1.82) is 0 Å². The van der Waals surface area contributed by atoms with E-state index < -0.39 is 0 Å². The lowest BCUT2D eigenvalue weighted by Crippen LogP contribution is -2.19. The van der Waals surface area contributed by atoms with Crippen LogP contribution < -0.4 is 5.56 Å². The Morgan fingerprint density at radius 2 is 2.18 bits per heavy atom. The first-order valence-corrected chi connectivity index (χ1v) is 3.56. The molecule has 3 heteroatoms. The maximum Gasteiger partial charge on any atom is 0.250 e. The van der Waals surface area contributed by atoms with Gasteiger partial charge in [-0.25, -0.2) is 0 Å². The highest BCUT2D eigenvalue weighted by atomic mass is 16.3. The molecule has 0 atom stereocenters. The molecule has 0 aliphatic carbocycles. The van der Waals surface area contributed by atoms with E-state index in [0.717, 1.165) is 0 Å². The van der Waals surface area contributed by atoms with Gasteiger partial charge in [0.15, 0.2) is 0 Å². The largest absolute Gasteiger partial charge is 0.506 e. The summed E-state index contributed by atoms with van der Waals surface area (Å²) < 4.78 is 1.52. The van der Waals surface area contributed by atoms with E-state index in [2.05, 4.69) is 0 Å². The molecule has 0 saturated carbocycles. The molecule has 1 aromatic rings. The Labute approximate surface area is 64.9 Å². The molecule has 3 nitrogen and oxygen atoms in total. The summed E-state index contributed by atoms with van der Waals surface area (Å²) in [6.45, 7) is 4.19. The smallest absolute Gasteiger partial charge is 0.250 e. The molecule has 1 aromatic heterocycles. The number of hydrogen-bond donors (Lipinski definition) is 1. The second-order valence-corrected chi connectivity index (χ2v) is 2.39. The molecule has 0 unspecified atom stereocenters. The van der Waals surface area contributed by atoms with Crippen molar-refractivity contribution in [3.63, 3.8) is 0 Å². The average molecular weight is 153 g/mol. The maximum atomic E-state index is 11.1. The van der Waals surface area contributed by atoms with Crippen LogP contribution in [0.2, 0.25) is 0 Å². The lowest BCUT2D eigenvalue weighted by molar-refractivity contribution is 0.458. The van der Waals surface area contributed by atoms with Crippen LogP contribution in [0.5, 0.6) is 5.75 Å². The zero-order valence-corrected chi connectivity index (χ0v) is 6.66. The van der Waals surface area contributed by atoms with Crippen LogP contribution in [0.25, 0.3) is 0 Å². The molecule has 1 heterocycles. The Balaban J connectivity index is 3.41. The van der Waals surface area contributed by atoms with E-state index in [-0.39, 0.29) is 11.3 Å². The molecule has 0 aliphatic rings. The minimum Gasteiger partial charge on any atom is -0.506 e. The molecule has 1 rings (SSSR count). The first-order valence-electron chi connectivity index (χ1n) is 3.56. The number of hydrogen-bond acceptors (Lipinski definition) is 2. The Kier molecular flexibility index (Phi) is 1.98. The normalized spacial score (nSPS) is 10.0. The predicted molar refractivity (Wildman–Crippen MR) is 42.8 cm³/mol. The van der Waals surface area contributed by atoms with Gasteiger partial charge in [0.05, 0.1) is 5.69 Å². The Morgan fingerprint density at radius 1 is 1.55 bits per heavy atom. The fourth-order valence-corrected chi connectivity index (χ4v) is 1.06. The molecule has 0 radical (unpaired) electrons. The van der Waals surface area contributed by atoms with E-state index >= 15 is 0 Å². The standard InChI is InChI=1S/C8H11NO2/c1-3-9-6(2)7(10)4-5-8(9)11/h4-5,10H,3H2,1-2H3. The number of aromatic hydroxyl groups is 1. The highest BCUT2D eigenvalue weighted by Crippen LogP contribution is 2.10. The molecule has 0 amide bonds. The summed E-state index contributed by atoms with van der Waals surface area (Å²) in [6, 6.07) is 2.79. The number of pyridine rings is 1. The Hall–Kier alpha value is -1.25. The Morgan fingerprint density at radius 3 is 2.64 bits per heavy atom. The maximum absolute atomic E-state index is 11.1. The van der Waals surface area contributed by atoms with Gasteiger partial charge in [0.2, 0.25) is 0 Å². The van der Waals surface area contributed by atoms with Crippen molar-refractivity contribution < 1.29 is 5.11 Å². The van der Waals surface area contributed by atoms with Crippen molar-refractivity contribution in [3.05, 3.63) is 28.2 Å². The fraction of sp³-hybridized carbons (Fsp3) is 0.375. The topological polar surface area (TPSA) is 42.2 Å². The minimum atomic E-state index is -0.0669. The van der Waals surface area contributed by atoms with E-state index in [1.54, 1.807) is 6.92 Å². The molecule has 0 saturated heterocycles. The van der Waals surface area contributed by atoms with Crippen molar-refractivity contribution in [2.24, 2.45) is 0 Å². The predicted octanol–water partition coefficient (Wildman–Crippen LogP) is 0.882. The van der Waals surface area contributed by atoms with E-state index in [1.807, 2.05) is 6.92 Å². The van der Waals surface area contributed by atoms with E-state index in [4.69, 9.17) is 0 Å². The molecule has 0 spiro atoms. The third-order valence-electron chi connectivity index (χ3n) is 1.74. The van der Waals surface area contributed by atoms with Gasteiger partial charge in [-0.3, -0.25) is 4.79 Å². The van der Waals surface area contributed by atoms with Crippen LogP contribution in [0.15, 0.2) is 16.9 Å². The highest BCUT2D eigenvalue weighted by molar-refractivity contribution is 5.24. The molecule has 1 N–H and O–H groups in total. The minimum absolute atomic E-state index is 0.0669. The lowest BCUT2D eigenvalue weighted by Gasteiger charge is -2.06. The van der Waals surface area contributed by atoms with Crippen molar-refractivity contribution in [2.75, 3.05) is 0 Å². The molecule has 0 fully saturated rings. The summed E-state index contributed by atoms with van der Waals surface area (Å²) >= 11 is 0. The molecule has 0 aliphatic heterocycles. The number of nitrogens with zero attached hydrogens (tertiary/aromatic N) is 1. The van der Waals surface area contributed by atoms with Gasteiger partial charge in [0.25, 0.3) is 5.56 Å². The Bertz CT molecular complexity index is 314. The molecule has 0 aromatic carbocycles. The van der Waals surface area contributed by atoms with E-state index in [9.17, 15) is 9.90 Å². The first-order chi connectivity index (χ1) is 5.16. The van der Waals surface area contributed by atoms with Gasteiger partial charge in [0, 0.05) is 12.6 Å². The highest BCUT2D eigenvalue weighted by Gasteiger charge is 2.00. The average Bonchev–Trinajstić information content (AvgIpc) is 1.99. The van der Waals surface area contributed by atoms with Gasteiger partial charge >= 0.3 is 0 Å². The van der Waals surface area contributed by atoms with Crippen LogP contribution in [0.4, 0.5) is 0 Å². The molecule has 11 heavy (non-hydrogen) atoms. The van der Waals surface area contributed by atoms with Gasteiger partial charge in [0.1, 0.15) is 5.75 Å². The first kappa shape index (κ1) is 7.85. The lowest BCUT2D eigenvalue weighted by atomic mass is 10.3. The van der Waals surface area contributed by atoms with Crippen LogP contribution in [-0.2, 0) is 6.54 Å². The third-order valence-corrected chi connectivity index (χ3v) is 1.74. The van der Waals surface area contributed by atoms with Gasteiger partial charge < -0.3 is 9.67 Å². The molecule has 60 valence electrons. The van der Waals surface area contributed by atoms with Crippen molar-refractivity contribution in [3.8, 4) is 5.75 Å². The molecular formula is C8H11NO2. The van der Waals surface area contributed by atoms with Crippen LogP contribution in [0.1, 0.15) is 12.6 Å². The van der Waals surface area contributed by atoms with Crippen LogP contribution in [0.3, 0.4) is 0 Å². The summed E-state index contributed by atoms with van der Waals surface area (Å²) in [4.78, 5) is 11.1. The van der Waals surface area contributed by atoms with Crippen LogP contribution in [-0.4, -0.2) is 9.67 Å². The number of rotatable bonds is 1. The zero-order chi connectivity index (χ0) is 8.43. The summed E-state index contributed by atoms with van der Waals surface area (Å²) in [7, 11) is 0. The van der Waals surface area contributed by atoms with E-state index in [1.165, 1.54) is 16.7 Å². The summed E-state index contributed by atoms with van der Waals surface area (Å²) in [5.41, 5.74) is 0.558. The third kappa shape index (κ3) is 1.27. The van der Waals surface area contributed by atoms with Gasteiger partial charge in [-0.2, -0.15) is 0 Å². The second kappa shape index (κ2) is 2.78. The van der Waals surface area contributed by atoms with Gasteiger partial charge in [-0.15, -0.1) is 0 Å². The van der Waals surface area contributed by atoms with Gasteiger partial charge in [-0.05, 0) is 19.9 Å². The molecule has 0 bridgehead atoms. The van der Waals surface area contributed by atoms with Crippen LogP contribution in [0, 0.1) is 6.92 Å². The quantitative estimate of drug-likeness (QED) is 0.650. The van der Waals surface area contributed by atoms with Crippen molar-refractivity contribution >= 4 is 0 Å². The van der Waals surface area contributed by atoms with Crippen LogP contribution >= 0.6 is 0 Å². The molecular weight excluding hydrogens is 142 g/mol.